The first-order valence-electron chi connectivity index (χ1n) is 5.27. The molecule has 88 valence electrons. The van der Waals surface area contributed by atoms with Crippen LogP contribution in [-0.2, 0) is 0 Å². The third-order valence-electron chi connectivity index (χ3n) is 2.20. The molecule has 1 aromatic rings. The van der Waals surface area contributed by atoms with E-state index in [-0.39, 0.29) is 18.9 Å². The van der Waals surface area contributed by atoms with Gasteiger partial charge in [0.1, 0.15) is 5.75 Å². The van der Waals surface area contributed by atoms with E-state index in [1.165, 1.54) is 0 Å². The molecule has 1 aromatic carbocycles. The van der Waals surface area contributed by atoms with Crippen LogP contribution in [0.25, 0.3) is 0 Å². The van der Waals surface area contributed by atoms with Gasteiger partial charge in [0.2, 0.25) is 0 Å². The number of carbonyl (C=O) groups excluding carboxylic acids is 1. The Balaban J connectivity index is 2.52. The molecule has 0 fully saturated rings. The minimum Gasteiger partial charge on any atom is -0.496 e. The van der Waals surface area contributed by atoms with Crippen LogP contribution in [-0.4, -0.2) is 37.7 Å². The number of ether oxygens (including phenoxy) is 1. The van der Waals surface area contributed by atoms with Gasteiger partial charge in [0.05, 0.1) is 19.2 Å². The van der Waals surface area contributed by atoms with Crippen LogP contribution in [0.5, 0.6) is 5.75 Å². The minimum absolute atomic E-state index is 0.00427. The number of aliphatic hydroxyl groups excluding tert-OH is 1. The van der Waals surface area contributed by atoms with Crippen LogP contribution in [0.3, 0.4) is 0 Å². The van der Waals surface area contributed by atoms with E-state index >= 15 is 0 Å². The van der Waals surface area contributed by atoms with E-state index in [0.717, 1.165) is 0 Å². The SMILES string of the molecule is COc1ccccc1C(=O)CNCCCO. The van der Waals surface area contributed by atoms with Gasteiger partial charge in [0.25, 0.3) is 0 Å². The van der Waals surface area contributed by atoms with Crippen LogP contribution in [0, 0.1) is 0 Å². The quantitative estimate of drug-likeness (QED) is 0.531. The average molecular weight is 223 g/mol. The summed E-state index contributed by atoms with van der Waals surface area (Å²) in [5.41, 5.74) is 0.585. The number of hydrogen-bond acceptors (Lipinski definition) is 4. The molecule has 16 heavy (non-hydrogen) atoms. The molecule has 4 heteroatoms. The Morgan fingerprint density at radius 2 is 2.19 bits per heavy atom. The fourth-order valence-electron chi connectivity index (χ4n) is 1.38. The molecule has 0 aliphatic heterocycles. The topological polar surface area (TPSA) is 58.6 Å². The first-order valence-corrected chi connectivity index (χ1v) is 5.27. The normalized spacial score (nSPS) is 10.1. The molecule has 0 aromatic heterocycles. The molecule has 0 saturated heterocycles. The van der Waals surface area contributed by atoms with Gasteiger partial charge in [-0.3, -0.25) is 4.79 Å². The van der Waals surface area contributed by atoms with Gasteiger partial charge in [0, 0.05) is 6.61 Å². The Labute approximate surface area is 95.2 Å². The molecule has 0 aliphatic rings. The lowest BCUT2D eigenvalue weighted by Gasteiger charge is -2.07. The van der Waals surface area contributed by atoms with Crippen molar-refractivity contribution in [3.63, 3.8) is 0 Å². The van der Waals surface area contributed by atoms with Crippen molar-refractivity contribution in [3.8, 4) is 5.75 Å². The summed E-state index contributed by atoms with van der Waals surface area (Å²) >= 11 is 0. The number of Topliss-reactive ketones (excluding diaryl/α,β-unsaturated/α-hetero) is 1. The van der Waals surface area contributed by atoms with Gasteiger partial charge in [-0.25, -0.2) is 0 Å². The van der Waals surface area contributed by atoms with E-state index in [4.69, 9.17) is 9.84 Å². The summed E-state index contributed by atoms with van der Waals surface area (Å²) < 4.78 is 5.11. The van der Waals surface area contributed by atoms with Gasteiger partial charge in [-0.15, -0.1) is 0 Å². The van der Waals surface area contributed by atoms with Crippen molar-refractivity contribution in [2.75, 3.05) is 26.8 Å². The maximum absolute atomic E-state index is 11.8. The fraction of sp³-hybridized carbons (Fsp3) is 0.417. The van der Waals surface area contributed by atoms with Crippen LogP contribution in [0.1, 0.15) is 16.8 Å². The molecule has 2 N–H and O–H groups in total. The molecule has 0 spiro atoms. The molecule has 0 radical (unpaired) electrons. The molecule has 1 rings (SSSR count). The minimum atomic E-state index is -0.00427. The predicted octanol–water partition coefficient (Wildman–Crippen LogP) is 0.850. The highest BCUT2D eigenvalue weighted by Crippen LogP contribution is 2.17. The van der Waals surface area contributed by atoms with Crippen molar-refractivity contribution >= 4 is 5.78 Å². The summed E-state index contributed by atoms with van der Waals surface area (Å²) in [6, 6.07) is 7.15. The Morgan fingerprint density at radius 1 is 1.44 bits per heavy atom. The van der Waals surface area contributed by atoms with E-state index < -0.39 is 0 Å². The Hall–Kier alpha value is -1.39. The highest BCUT2D eigenvalue weighted by molar-refractivity contribution is 6.00. The Kier molecular flexibility index (Phi) is 5.53. The monoisotopic (exact) mass is 223 g/mol. The van der Waals surface area contributed by atoms with E-state index in [0.29, 0.717) is 24.3 Å². The van der Waals surface area contributed by atoms with E-state index in [1.54, 1.807) is 19.2 Å². The van der Waals surface area contributed by atoms with E-state index in [1.807, 2.05) is 12.1 Å². The number of methoxy groups -OCH3 is 1. The largest absolute Gasteiger partial charge is 0.496 e. The summed E-state index contributed by atoms with van der Waals surface area (Å²) in [6.45, 7) is 1.04. The summed E-state index contributed by atoms with van der Waals surface area (Å²) in [6.07, 6.45) is 0.652. The number of aliphatic hydroxyl groups is 1. The molecular formula is C12H17NO3. The molecule has 0 saturated carbocycles. The summed E-state index contributed by atoms with van der Waals surface area (Å²) in [4.78, 5) is 11.8. The lowest BCUT2D eigenvalue weighted by molar-refractivity contribution is 0.0987. The Morgan fingerprint density at radius 3 is 2.88 bits per heavy atom. The van der Waals surface area contributed by atoms with Crippen LogP contribution < -0.4 is 10.1 Å². The van der Waals surface area contributed by atoms with Crippen LogP contribution in [0.4, 0.5) is 0 Å². The number of carbonyl (C=O) groups is 1. The maximum Gasteiger partial charge on any atom is 0.180 e. The lowest BCUT2D eigenvalue weighted by atomic mass is 10.1. The van der Waals surface area contributed by atoms with Crippen molar-refractivity contribution in [1.82, 2.24) is 5.32 Å². The van der Waals surface area contributed by atoms with Crippen LogP contribution in [0.2, 0.25) is 0 Å². The van der Waals surface area contributed by atoms with E-state index in [9.17, 15) is 4.79 Å². The number of para-hydroxylation sites is 1. The molecule has 0 aliphatic carbocycles. The van der Waals surface area contributed by atoms with Crippen molar-refractivity contribution in [3.05, 3.63) is 29.8 Å². The first-order chi connectivity index (χ1) is 7.79. The molecule has 4 nitrogen and oxygen atoms in total. The zero-order valence-corrected chi connectivity index (χ0v) is 9.40. The summed E-state index contributed by atoms with van der Waals surface area (Å²) in [5.74, 6) is 0.590. The molecular weight excluding hydrogens is 206 g/mol. The predicted molar refractivity (Wildman–Crippen MR) is 61.9 cm³/mol. The Bertz CT molecular complexity index is 339. The van der Waals surface area contributed by atoms with Crippen molar-refractivity contribution in [2.45, 2.75) is 6.42 Å². The first kappa shape index (κ1) is 12.7. The van der Waals surface area contributed by atoms with Crippen molar-refractivity contribution in [1.29, 1.82) is 0 Å². The van der Waals surface area contributed by atoms with Gasteiger partial charge in [-0.2, -0.15) is 0 Å². The smallest absolute Gasteiger partial charge is 0.180 e. The van der Waals surface area contributed by atoms with Crippen LogP contribution in [0.15, 0.2) is 24.3 Å². The lowest BCUT2D eigenvalue weighted by Crippen LogP contribution is -2.24. The molecule has 0 heterocycles. The number of benzene rings is 1. The van der Waals surface area contributed by atoms with Crippen molar-refractivity contribution in [2.24, 2.45) is 0 Å². The number of hydrogen-bond donors (Lipinski definition) is 2. The number of rotatable bonds is 7. The number of ketones is 1. The van der Waals surface area contributed by atoms with Gasteiger partial charge >= 0.3 is 0 Å². The third kappa shape index (κ3) is 3.64. The summed E-state index contributed by atoms with van der Waals surface area (Å²) in [5, 5.41) is 11.6. The molecule has 0 unspecified atom stereocenters. The number of nitrogens with one attached hydrogen (secondary N) is 1. The van der Waals surface area contributed by atoms with E-state index in [2.05, 4.69) is 5.32 Å². The van der Waals surface area contributed by atoms with Gasteiger partial charge in [0.15, 0.2) is 5.78 Å². The fourth-order valence-corrected chi connectivity index (χ4v) is 1.38. The second-order valence-electron chi connectivity index (χ2n) is 3.38. The zero-order valence-electron chi connectivity index (χ0n) is 9.40. The zero-order chi connectivity index (χ0) is 11.8. The highest BCUT2D eigenvalue weighted by atomic mass is 16.5. The standard InChI is InChI=1S/C12H17NO3/c1-16-12-6-3-2-5-10(12)11(15)9-13-7-4-8-14/h2-3,5-6,13-14H,4,7-9H2,1H3. The van der Waals surface area contributed by atoms with Crippen LogP contribution >= 0.6 is 0 Å². The molecule has 0 bridgehead atoms. The van der Waals surface area contributed by atoms with Gasteiger partial charge in [-0.1, -0.05) is 12.1 Å². The van der Waals surface area contributed by atoms with Gasteiger partial charge < -0.3 is 15.2 Å². The molecule has 0 amide bonds. The second kappa shape index (κ2) is 6.98. The third-order valence-corrected chi connectivity index (χ3v) is 2.20. The molecule has 0 atom stereocenters. The summed E-state index contributed by atoms with van der Waals surface area (Å²) in [7, 11) is 1.55. The van der Waals surface area contributed by atoms with Gasteiger partial charge in [-0.05, 0) is 25.1 Å². The second-order valence-corrected chi connectivity index (χ2v) is 3.38. The maximum atomic E-state index is 11.8. The highest BCUT2D eigenvalue weighted by Gasteiger charge is 2.10. The average Bonchev–Trinajstić information content (AvgIpc) is 2.34. The van der Waals surface area contributed by atoms with Crippen molar-refractivity contribution < 1.29 is 14.6 Å².